The Bertz CT molecular complexity index is 527. The molecule has 0 atom stereocenters. The highest BCUT2D eigenvalue weighted by Gasteiger charge is 2.31. The van der Waals surface area contributed by atoms with Crippen LogP contribution in [0.1, 0.15) is 24.6 Å². The molecular weight excluding hydrogens is 251 g/mol. The molecule has 0 aliphatic carbocycles. The normalized spacial score (nSPS) is 11.6. The van der Waals surface area contributed by atoms with Crippen LogP contribution in [0.15, 0.2) is 42.6 Å². The molecule has 0 saturated carbocycles. The number of halogens is 3. The molecular formula is C15H14F3N. The van der Waals surface area contributed by atoms with Crippen molar-refractivity contribution in [2.75, 3.05) is 0 Å². The summed E-state index contributed by atoms with van der Waals surface area (Å²) in [5, 5.41) is 0. The van der Waals surface area contributed by atoms with E-state index in [2.05, 4.69) is 11.9 Å². The number of benzene rings is 1. The Kier molecular flexibility index (Phi) is 3.88. The fourth-order valence-corrected chi connectivity index (χ4v) is 1.88. The number of hydrogen-bond acceptors (Lipinski definition) is 1. The number of alkyl halides is 3. The molecule has 2 rings (SSSR count). The molecule has 0 bridgehead atoms. The van der Waals surface area contributed by atoms with Crippen molar-refractivity contribution in [2.24, 2.45) is 0 Å². The molecule has 4 heteroatoms. The van der Waals surface area contributed by atoms with E-state index in [0.717, 1.165) is 24.5 Å². The first-order valence-electron chi connectivity index (χ1n) is 6.13. The average molecular weight is 265 g/mol. The smallest absolute Gasteiger partial charge is 0.251 e. The predicted octanol–water partition coefficient (Wildman–Crippen LogP) is 4.72. The molecule has 1 aromatic heterocycles. The molecule has 100 valence electrons. The quantitative estimate of drug-likeness (QED) is 0.782. The highest BCUT2D eigenvalue weighted by atomic mass is 19.4. The minimum absolute atomic E-state index is 0.691. The summed E-state index contributed by atoms with van der Waals surface area (Å²) in [6.07, 6.45) is -1.05. The van der Waals surface area contributed by atoms with Crippen LogP contribution in [-0.4, -0.2) is 4.98 Å². The molecule has 2 aromatic rings. The van der Waals surface area contributed by atoms with E-state index in [4.69, 9.17) is 0 Å². The van der Waals surface area contributed by atoms with Crippen molar-refractivity contribution in [1.29, 1.82) is 0 Å². The van der Waals surface area contributed by atoms with Crippen LogP contribution in [0.3, 0.4) is 0 Å². The number of hydrogen-bond donors (Lipinski definition) is 0. The third-order valence-corrected chi connectivity index (χ3v) is 2.88. The zero-order valence-corrected chi connectivity index (χ0v) is 10.5. The number of nitrogens with zero attached hydrogens (tertiary/aromatic N) is 1. The Balaban J connectivity index is 2.22. The Hall–Kier alpha value is -1.84. The SMILES string of the molecule is CCCc1ccc(-c2ccc(C(F)(F)F)nc2)cc1. The van der Waals surface area contributed by atoms with Gasteiger partial charge >= 0.3 is 6.18 Å². The van der Waals surface area contributed by atoms with Crippen molar-refractivity contribution >= 4 is 0 Å². The van der Waals surface area contributed by atoms with Crippen LogP contribution in [0.5, 0.6) is 0 Å². The maximum atomic E-state index is 12.4. The van der Waals surface area contributed by atoms with Gasteiger partial charge in [0, 0.05) is 11.8 Å². The van der Waals surface area contributed by atoms with E-state index >= 15 is 0 Å². The summed E-state index contributed by atoms with van der Waals surface area (Å²) in [5.74, 6) is 0. The fourth-order valence-electron chi connectivity index (χ4n) is 1.88. The van der Waals surface area contributed by atoms with Gasteiger partial charge in [0.2, 0.25) is 0 Å². The summed E-state index contributed by atoms with van der Waals surface area (Å²) in [6, 6.07) is 10.3. The first kappa shape index (κ1) is 13.6. The minimum Gasteiger partial charge on any atom is -0.251 e. The predicted molar refractivity (Wildman–Crippen MR) is 68.7 cm³/mol. The summed E-state index contributed by atoms with van der Waals surface area (Å²) in [6.45, 7) is 2.10. The summed E-state index contributed by atoms with van der Waals surface area (Å²) >= 11 is 0. The molecule has 0 amide bonds. The standard InChI is InChI=1S/C15H14F3N/c1-2-3-11-4-6-12(7-5-11)13-8-9-14(19-10-13)15(16,17)18/h4-10H,2-3H2,1H3. The van der Waals surface area contributed by atoms with E-state index in [0.29, 0.717) is 5.56 Å². The molecule has 0 fully saturated rings. The summed E-state index contributed by atoms with van der Waals surface area (Å²) in [7, 11) is 0. The van der Waals surface area contributed by atoms with Gasteiger partial charge < -0.3 is 0 Å². The van der Waals surface area contributed by atoms with Crippen LogP contribution >= 0.6 is 0 Å². The lowest BCUT2D eigenvalue weighted by molar-refractivity contribution is -0.141. The monoisotopic (exact) mass is 265 g/mol. The lowest BCUT2D eigenvalue weighted by Gasteiger charge is -2.07. The number of rotatable bonds is 3. The second kappa shape index (κ2) is 5.43. The minimum atomic E-state index is -4.39. The highest BCUT2D eigenvalue weighted by Crippen LogP contribution is 2.29. The van der Waals surface area contributed by atoms with Gasteiger partial charge in [-0.15, -0.1) is 0 Å². The number of pyridine rings is 1. The van der Waals surface area contributed by atoms with Gasteiger partial charge in [0.15, 0.2) is 0 Å². The number of aryl methyl sites for hydroxylation is 1. The molecule has 0 unspecified atom stereocenters. The molecule has 19 heavy (non-hydrogen) atoms. The van der Waals surface area contributed by atoms with E-state index in [9.17, 15) is 13.2 Å². The van der Waals surface area contributed by atoms with Crippen molar-refractivity contribution in [3.8, 4) is 11.1 Å². The fraction of sp³-hybridized carbons (Fsp3) is 0.267. The van der Waals surface area contributed by atoms with Gasteiger partial charge in [-0.05, 0) is 23.6 Å². The van der Waals surface area contributed by atoms with E-state index in [1.54, 1.807) is 0 Å². The van der Waals surface area contributed by atoms with Crippen LogP contribution in [0.4, 0.5) is 13.2 Å². The second-order valence-corrected chi connectivity index (χ2v) is 4.38. The third kappa shape index (κ3) is 3.34. The van der Waals surface area contributed by atoms with Crippen LogP contribution < -0.4 is 0 Å². The molecule has 0 saturated heterocycles. The van der Waals surface area contributed by atoms with Gasteiger partial charge in [-0.3, -0.25) is 4.98 Å². The number of aromatic nitrogens is 1. The van der Waals surface area contributed by atoms with Crippen molar-refractivity contribution < 1.29 is 13.2 Å². The molecule has 1 heterocycles. The second-order valence-electron chi connectivity index (χ2n) is 4.38. The van der Waals surface area contributed by atoms with Crippen LogP contribution in [-0.2, 0) is 12.6 Å². The Labute approximate surface area is 110 Å². The van der Waals surface area contributed by atoms with E-state index in [-0.39, 0.29) is 0 Å². The van der Waals surface area contributed by atoms with Gasteiger partial charge in [0.1, 0.15) is 5.69 Å². The first-order chi connectivity index (χ1) is 9.00. The molecule has 1 nitrogen and oxygen atoms in total. The van der Waals surface area contributed by atoms with Crippen LogP contribution in [0.2, 0.25) is 0 Å². The molecule has 0 spiro atoms. The van der Waals surface area contributed by atoms with E-state index in [1.165, 1.54) is 17.8 Å². The maximum absolute atomic E-state index is 12.4. The Morgan fingerprint density at radius 3 is 2.05 bits per heavy atom. The Morgan fingerprint density at radius 1 is 0.947 bits per heavy atom. The van der Waals surface area contributed by atoms with Crippen molar-refractivity contribution in [1.82, 2.24) is 4.98 Å². The van der Waals surface area contributed by atoms with Crippen molar-refractivity contribution in [3.63, 3.8) is 0 Å². The molecule has 1 aromatic carbocycles. The van der Waals surface area contributed by atoms with Crippen molar-refractivity contribution in [2.45, 2.75) is 25.9 Å². The molecule has 0 aliphatic rings. The summed E-state index contributed by atoms with van der Waals surface area (Å²) in [4.78, 5) is 3.46. The van der Waals surface area contributed by atoms with Gasteiger partial charge in [-0.25, -0.2) is 0 Å². The topological polar surface area (TPSA) is 12.9 Å². The Morgan fingerprint density at radius 2 is 1.58 bits per heavy atom. The molecule has 0 aliphatic heterocycles. The zero-order valence-electron chi connectivity index (χ0n) is 10.5. The van der Waals surface area contributed by atoms with Gasteiger partial charge in [-0.2, -0.15) is 13.2 Å². The summed E-state index contributed by atoms with van der Waals surface area (Å²) in [5.41, 5.74) is 1.93. The highest BCUT2D eigenvalue weighted by molar-refractivity contribution is 5.62. The zero-order chi connectivity index (χ0) is 13.9. The van der Waals surface area contributed by atoms with Gasteiger partial charge in [-0.1, -0.05) is 43.7 Å². The van der Waals surface area contributed by atoms with Crippen LogP contribution in [0.25, 0.3) is 11.1 Å². The largest absolute Gasteiger partial charge is 0.433 e. The van der Waals surface area contributed by atoms with E-state index < -0.39 is 11.9 Å². The lowest BCUT2D eigenvalue weighted by atomic mass is 10.0. The van der Waals surface area contributed by atoms with Crippen molar-refractivity contribution in [3.05, 3.63) is 53.9 Å². The van der Waals surface area contributed by atoms with Gasteiger partial charge in [0.05, 0.1) is 0 Å². The molecule has 0 radical (unpaired) electrons. The summed E-state index contributed by atoms with van der Waals surface area (Å²) < 4.78 is 37.2. The average Bonchev–Trinajstić information content (AvgIpc) is 2.39. The first-order valence-corrected chi connectivity index (χ1v) is 6.13. The molecule has 0 N–H and O–H groups in total. The lowest BCUT2D eigenvalue weighted by Crippen LogP contribution is -2.07. The van der Waals surface area contributed by atoms with Crippen LogP contribution in [0, 0.1) is 0 Å². The van der Waals surface area contributed by atoms with Gasteiger partial charge in [0.25, 0.3) is 0 Å². The van der Waals surface area contributed by atoms with E-state index in [1.807, 2.05) is 24.3 Å². The maximum Gasteiger partial charge on any atom is 0.433 e. The third-order valence-electron chi connectivity index (χ3n) is 2.88.